The number of aliphatic imine (C=N–C) groups is 2. The number of benzene rings is 3. The molecule has 14 heteroatoms. The van der Waals surface area contributed by atoms with Gasteiger partial charge in [0.05, 0.1) is 9.40 Å². The SMILES string of the molecule is O=C(OCc1ccccc1)c1c2nc(N=C3C(=O)C4CCCCC4C3=O)sc2c(C(=O)OCc2ccccc2)c2nc(N=C3C(=O)C4CCCCC4C3=O)sc12. The number of carbonyl (C=O) groups is 6. The smallest absolute Gasteiger partial charge is 0.342 e. The van der Waals surface area contributed by atoms with Crippen molar-refractivity contribution in [3.8, 4) is 0 Å². The number of rotatable bonds is 8. The van der Waals surface area contributed by atoms with Gasteiger partial charge in [-0.1, -0.05) is 109 Å². The predicted octanol–water partition coefficient (Wildman–Crippen LogP) is 7.68. The van der Waals surface area contributed by atoms with Crippen LogP contribution in [-0.4, -0.2) is 56.5 Å². The molecule has 3 aromatic carbocycles. The van der Waals surface area contributed by atoms with E-state index in [1.54, 1.807) is 0 Å². The first-order chi connectivity index (χ1) is 27.3. The van der Waals surface area contributed by atoms with E-state index in [0.717, 1.165) is 59.5 Å². The van der Waals surface area contributed by atoms with Gasteiger partial charge in [0.25, 0.3) is 0 Å². The summed E-state index contributed by atoms with van der Waals surface area (Å²) < 4.78 is 12.0. The lowest BCUT2D eigenvalue weighted by Gasteiger charge is -2.20. The van der Waals surface area contributed by atoms with Crippen LogP contribution in [0.3, 0.4) is 0 Å². The molecule has 4 aliphatic rings. The van der Waals surface area contributed by atoms with Gasteiger partial charge in [-0.05, 0) is 36.8 Å². The monoisotopic (exact) mass is 786 g/mol. The second-order valence-electron chi connectivity index (χ2n) is 14.6. The molecule has 12 nitrogen and oxygen atoms in total. The lowest BCUT2D eigenvalue weighted by Crippen LogP contribution is -2.21. The van der Waals surface area contributed by atoms with E-state index < -0.39 is 35.6 Å². The molecule has 4 fully saturated rings. The highest BCUT2D eigenvalue weighted by Crippen LogP contribution is 2.45. The van der Waals surface area contributed by atoms with E-state index in [1.165, 1.54) is 0 Å². The average Bonchev–Trinajstić information content (AvgIpc) is 3.96. The van der Waals surface area contributed by atoms with Crippen molar-refractivity contribution < 1.29 is 38.2 Å². The Hall–Kier alpha value is -5.60. The number of ketones is 4. The summed E-state index contributed by atoms with van der Waals surface area (Å²) in [5.74, 6) is -4.45. The number of hydrogen-bond acceptors (Lipinski definition) is 14. The maximum absolute atomic E-state index is 14.2. The van der Waals surface area contributed by atoms with Gasteiger partial charge >= 0.3 is 11.9 Å². The summed E-state index contributed by atoms with van der Waals surface area (Å²) in [5, 5.41) is 0.0138. The number of carbonyl (C=O) groups excluding carboxylic acids is 6. The molecule has 0 N–H and O–H groups in total. The molecule has 2 aromatic heterocycles. The third kappa shape index (κ3) is 6.40. The summed E-state index contributed by atoms with van der Waals surface area (Å²) in [7, 11) is 0. The van der Waals surface area contributed by atoms with Crippen molar-refractivity contribution in [3.05, 3.63) is 82.9 Å². The minimum absolute atomic E-state index is 0.00689. The Balaban J connectivity index is 1.21. The van der Waals surface area contributed by atoms with Crippen molar-refractivity contribution >= 4 is 99.9 Å². The van der Waals surface area contributed by atoms with Gasteiger partial charge in [-0.3, -0.25) is 19.2 Å². The zero-order valence-electron chi connectivity index (χ0n) is 30.0. The first-order valence-electron chi connectivity index (χ1n) is 18.8. The lowest BCUT2D eigenvalue weighted by atomic mass is 9.81. The molecule has 56 heavy (non-hydrogen) atoms. The highest BCUT2D eigenvalue weighted by molar-refractivity contribution is 7.24. The molecule has 0 spiro atoms. The Bertz CT molecular complexity index is 2260. The molecule has 282 valence electrons. The van der Waals surface area contributed by atoms with Crippen molar-refractivity contribution in [2.24, 2.45) is 33.7 Å². The topological polar surface area (TPSA) is 171 Å². The van der Waals surface area contributed by atoms with E-state index in [-0.39, 0.29) is 89.6 Å². The summed E-state index contributed by atoms with van der Waals surface area (Å²) in [5.41, 5.74) is 1.14. The largest absolute Gasteiger partial charge is 0.457 e. The molecule has 0 aliphatic heterocycles. The molecule has 4 unspecified atom stereocenters. The fourth-order valence-electron chi connectivity index (χ4n) is 8.45. The number of fused-ring (bicyclic) bond motifs is 4. The van der Waals surface area contributed by atoms with Crippen LogP contribution in [0.5, 0.6) is 0 Å². The maximum Gasteiger partial charge on any atom is 0.342 e. The number of aromatic nitrogens is 2. The molecule has 9 rings (SSSR count). The quantitative estimate of drug-likeness (QED) is 0.142. The fraction of sp³-hybridized carbons (Fsp3) is 0.333. The van der Waals surface area contributed by atoms with Gasteiger partial charge in [0.1, 0.15) is 35.4 Å². The normalized spacial score (nSPS) is 22.1. The van der Waals surface area contributed by atoms with Gasteiger partial charge < -0.3 is 9.47 Å². The summed E-state index contributed by atoms with van der Waals surface area (Å²) >= 11 is 1.85. The predicted molar refractivity (Wildman–Crippen MR) is 209 cm³/mol. The van der Waals surface area contributed by atoms with Crippen molar-refractivity contribution in [1.29, 1.82) is 0 Å². The average molecular weight is 787 g/mol. The van der Waals surface area contributed by atoms with Crippen LogP contribution in [-0.2, 0) is 41.9 Å². The number of ether oxygens (including phenoxy) is 2. The van der Waals surface area contributed by atoms with E-state index in [2.05, 4.69) is 20.0 Å². The van der Waals surface area contributed by atoms with Gasteiger partial charge in [0.2, 0.25) is 10.3 Å². The molecule has 0 radical (unpaired) electrons. The third-order valence-electron chi connectivity index (χ3n) is 11.2. The fourth-order valence-corrected chi connectivity index (χ4v) is 10.4. The zero-order valence-corrected chi connectivity index (χ0v) is 31.7. The van der Waals surface area contributed by atoms with E-state index >= 15 is 0 Å². The minimum atomic E-state index is -0.779. The molecule has 0 saturated heterocycles. The molecule has 4 aliphatic carbocycles. The molecule has 4 saturated carbocycles. The summed E-state index contributed by atoms with van der Waals surface area (Å²) in [6.45, 7) is -0.150. The van der Waals surface area contributed by atoms with Crippen LogP contribution in [0.1, 0.15) is 83.2 Å². The molecular weight excluding hydrogens is 753 g/mol. The molecular formula is C42H34N4O8S2. The Kier molecular flexibility index (Phi) is 9.54. The van der Waals surface area contributed by atoms with E-state index in [1.807, 2.05) is 60.7 Å². The Morgan fingerprint density at radius 3 is 1.23 bits per heavy atom. The zero-order chi connectivity index (χ0) is 38.5. The van der Waals surface area contributed by atoms with Crippen LogP contribution in [0.15, 0.2) is 70.6 Å². The molecule has 4 atom stereocenters. The number of Topliss-reactive ketones (excluding diaryl/α,β-unsaturated/α-hetero) is 4. The summed E-state index contributed by atoms with van der Waals surface area (Å²) in [6, 6.07) is 18.2. The van der Waals surface area contributed by atoms with E-state index in [9.17, 15) is 28.8 Å². The number of nitrogens with zero attached hydrogens (tertiary/aromatic N) is 4. The maximum atomic E-state index is 14.2. The first kappa shape index (κ1) is 36.1. The van der Waals surface area contributed by atoms with Gasteiger partial charge in [-0.15, -0.1) is 0 Å². The summed E-state index contributed by atoms with van der Waals surface area (Å²) in [4.78, 5) is 100. The Labute approximate surface area is 328 Å². The molecule has 0 amide bonds. The third-order valence-corrected chi connectivity index (χ3v) is 13.2. The van der Waals surface area contributed by atoms with Crippen LogP contribution in [0, 0.1) is 23.7 Å². The summed E-state index contributed by atoms with van der Waals surface area (Å²) in [6.07, 6.45) is 5.92. The van der Waals surface area contributed by atoms with Crippen LogP contribution in [0.4, 0.5) is 10.3 Å². The molecule has 0 bridgehead atoms. The van der Waals surface area contributed by atoms with Crippen LogP contribution < -0.4 is 0 Å². The second-order valence-corrected chi connectivity index (χ2v) is 16.5. The van der Waals surface area contributed by atoms with Crippen LogP contribution >= 0.6 is 22.7 Å². The van der Waals surface area contributed by atoms with E-state index in [0.29, 0.717) is 25.7 Å². The minimum Gasteiger partial charge on any atom is -0.457 e. The second kappa shape index (κ2) is 14.8. The van der Waals surface area contributed by atoms with Gasteiger partial charge in [0.15, 0.2) is 34.6 Å². The highest BCUT2D eigenvalue weighted by Gasteiger charge is 2.49. The van der Waals surface area contributed by atoms with Crippen molar-refractivity contribution in [2.45, 2.75) is 64.6 Å². The molecule has 5 aromatic rings. The van der Waals surface area contributed by atoms with E-state index in [4.69, 9.17) is 9.47 Å². The van der Waals surface area contributed by atoms with Crippen molar-refractivity contribution in [3.63, 3.8) is 0 Å². The van der Waals surface area contributed by atoms with Gasteiger partial charge in [-0.25, -0.2) is 29.5 Å². The van der Waals surface area contributed by atoms with Crippen molar-refractivity contribution in [2.75, 3.05) is 0 Å². The first-order valence-corrected chi connectivity index (χ1v) is 20.4. The number of hydrogen-bond donors (Lipinski definition) is 0. The van der Waals surface area contributed by atoms with Crippen molar-refractivity contribution in [1.82, 2.24) is 9.97 Å². The number of thiazole rings is 2. The van der Waals surface area contributed by atoms with Gasteiger partial charge in [-0.2, -0.15) is 0 Å². The number of esters is 2. The molecule has 2 heterocycles. The highest BCUT2D eigenvalue weighted by atomic mass is 32.1. The Morgan fingerprint density at radius 1 is 0.554 bits per heavy atom. The van der Waals surface area contributed by atoms with Crippen LogP contribution in [0.25, 0.3) is 20.4 Å². The lowest BCUT2D eigenvalue weighted by molar-refractivity contribution is -0.120. The van der Waals surface area contributed by atoms with Gasteiger partial charge in [0, 0.05) is 23.7 Å². The van der Waals surface area contributed by atoms with Crippen LogP contribution in [0.2, 0.25) is 0 Å². The Morgan fingerprint density at radius 2 is 0.893 bits per heavy atom. The standard InChI is InChI=1S/C42H34N4O8S2/c47-33-23-15-7-8-16-24(23)34(48)31(33)45-41-43-29-27(39(51)53-19-21-11-3-1-4-12-21)37-30(28(38(29)56-41)40(52)54-20-22-13-5-2-6-14-22)44-42(55-37)46-32-35(49)25-17-9-10-18-26(25)36(32)50/h1-6,11-14,23-26H,7-10,15-20H2.